The molecule has 0 amide bonds. The number of hydrogen-bond donors (Lipinski definition) is 0. The van der Waals surface area contributed by atoms with Crippen LogP contribution in [0.25, 0.3) is 0 Å². The molecule has 0 spiro atoms. The van der Waals surface area contributed by atoms with E-state index in [9.17, 15) is 9.18 Å². The van der Waals surface area contributed by atoms with Gasteiger partial charge < -0.3 is 9.47 Å². The molecule has 1 heterocycles. The molecule has 0 aromatic heterocycles. The minimum atomic E-state index is -0.532. The molecule has 0 N–H and O–H groups in total. The van der Waals surface area contributed by atoms with E-state index in [2.05, 4.69) is 0 Å². The van der Waals surface area contributed by atoms with Crippen molar-refractivity contribution in [2.75, 3.05) is 13.2 Å². The molecule has 0 bridgehead atoms. The van der Waals surface area contributed by atoms with E-state index in [0.717, 1.165) is 11.6 Å². The van der Waals surface area contributed by atoms with Crippen molar-refractivity contribution in [3.8, 4) is 0 Å². The average molecular weight is 307 g/mol. The molecule has 0 radical (unpaired) electrons. The van der Waals surface area contributed by atoms with Gasteiger partial charge in [0.15, 0.2) is 12.1 Å². The van der Waals surface area contributed by atoms with Gasteiger partial charge in [-0.2, -0.15) is 0 Å². The molecule has 2 aromatic rings. The van der Waals surface area contributed by atoms with E-state index in [0.29, 0.717) is 18.8 Å². The zero-order chi connectivity index (χ0) is 14.8. The van der Waals surface area contributed by atoms with Crippen molar-refractivity contribution >= 4 is 17.4 Å². The summed E-state index contributed by atoms with van der Waals surface area (Å²) in [5.74, 6) is -0.813. The normalized spacial score (nSPS) is 15.3. The predicted molar refractivity (Wildman–Crippen MR) is 75.9 cm³/mol. The molecule has 3 nitrogen and oxygen atoms in total. The zero-order valence-corrected chi connectivity index (χ0v) is 11.8. The number of ether oxygens (including phenoxy) is 2. The van der Waals surface area contributed by atoms with Crippen LogP contribution in [0.2, 0.25) is 5.02 Å². The molecule has 21 heavy (non-hydrogen) atoms. The summed E-state index contributed by atoms with van der Waals surface area (Å²) in [6.45, 7) is 1.13. The maximum atomic E-state index is 13.3. The van der Waals surface area contributed by atoms with Crippen molar-refractivity contribution in [1.29, 1.82) is 0 Å². The Kier molecular flexibility index (Phi) is 4.01. The number of ketones is 1. The van der Waals surface area contributed by atoms with Crippen LogP contribution in [0.5, 0.6) is 0 Å². The molecule has 2 aromatic carbocycles. The number of hydrogen-bond acceptors (Lipinski definition) is 3. The third-order valence-electron chi connectivity index (χ3n) is 3.19. The summed E-state index contributed by atoms with van der Waals surface area (Å²) in [7, 11) is 0. The third-order valence-corrected chi connectivity index (χ3v) is 3.41. The molecular formula is C16H12ClFO3. The molecule has 3 rings (SSSR count). The van der Waals surface area contributed by atoms with Gasteiger partial charge in [0.05, 0.1) is 13.2 Å². The molecule has 0 aliphatic carbocycles. The molecular weight excluding hydrogens is 295 g/mol. The summed E-state index contributed by atoms with van der Waals surface area (Å²) < 4.78 is 24.1. The zero-order valence-electron chi connectivity index (χ0n) is 11.0. The van der Waals surface area contributed by atoms with Crippen LogP contribution in [0.15, 0.2) is 42.5 Å². The predicted octanol–water partition coefficient (Wildman–Crippen LogP) is 3.76. The quantitative estimate of drug-likeness (QED) is 0.810. The fraction of sp³-hybridized carbons (Fsp3) is 0.188. The lowest BCUT2D eigenvalue weighted by molar-refractivity contribution is -0.0441. The van der Waals surface area contributed by atoms with Crippen LogP contribution in [0.4, 0.5) is 4.39 Å². The van der Waals surface area contributed by atoms with E-state index < -0.39 is 5.82 Å². The SMILES string of the molecule is O=C(c1ccc(C2OCCO2)cc1)c1cc(F)cc(Cl)c1. The molecule has 0 unspecified atom stereocenters. The second-order valence-electron chi connectivity index (χ2n) is 4.68. The highest BCUT2D eigenvalue weighted by Gasteiger charge is 2.19. The molecule has 1 aliphatic heterocycles. The Morgan fingerprint density at radius 3 is 2.33 bits per heavy atom. The van der Waals surface area contributed by atoms with E-state index in [1.54, 1.807) is 24.3 Å². The standard InChI is InChI=1S/C16H12ClFO3/c17-13-7-12(8-14(18)9-13)15(19)10-1-3-11(4-2-10)16-20-5-6-21-16/h1-4,7-9,16H,5-6H2. The molecule has 1 saturated heterocycles. The fourth-order valence-electron chi connectivity index (χ4n) is 2.19. The van der Waals surface area contributed by atoms with E-state index in [-0.39, 0.29) is 22.7 Å². The van der Waals surface area contributed by atoms with Crippen LogP contribution in [0, 0.1) is 5.82 Å². The van der Waals surface area contributed by atoms with Crippen molar-refractivity contribution in [3.63, 3.8) is 0 Å². The van der Waals surface area contributed by atoms with Crippen molar-refractivity contribution in [1.82, 2.24) is 0 Å². The monoisotopic (exact) mass is 306 g/mol. The Morgan fingerprint density at radius 1 is 1.05 bits per heavy atom. The van der Waals surface area contributed by atoms with Gasteiger partial charge in [-0.3, -0.25) is 4.79 Å². The minimum absolute atomic E-state index is 0.197. The van der Waals surface area contributed by atoms with Crippen molar-refractivity contribution in [2.24, 2.45) is 0 Å². The van der Waals surface area contributed by atoms with E-state index in [1.807, 2.05) is 0 Å². The van der Waals surface area contributed by atoms with Gasteiger partial charge in [-0.25, -0.2) is 4.39 Å². The molecule has 1 fully saturated rings. The van der Waals surface area contributed by atoms with E-state index in [4.69, 9.17) is 21.1 Å². The summed E-state index contributed by atoms with van der Waals surface area (Å²) in [5.41, 5.74) is 1.53. The number of halogens is 2. The van der Waals surface area contributed by atoms with Crippen molar-refractivity contribution < 1.29 is 18.7 Å². The maximum Gasteiger partial charge on any atom is 0.193 e. The lowest BCUT2D eigenvalue weighted by atomic mass is 10.0. The van der Waals surface area contributed by atoms with Crippen LogP contribution < -0.4 is 0 Å². The Bertz CT molecular complexity index is 643. The smallest absolute Gasteiger partial charge is 0.193 e. The van der Waals surface area contributed by atoms with Gasteiger partial charge in [0.25, 0.3) is 0 Å². The topological polar surface area (TPSA) is 35.5 Å². The van der Waals surface area contributed by atoms with Crippen molar-refractivity contribution in [2.45, 2.75) is 6.29 Å². The first-order valence-corrected chi connectivity index (χ1v) is 6.85. The van der Waals surface area contributed by atoms with Gasteiger partial charge in [-0.05, 0) is 18.2 Å². The highest BCUT2D eigenvalue weighted by molar-refractivity contribution is 6.31. The highest BCUT2D eigenvalue weighted by Crippen LogP contribution is 2.24. The van der Waals surface area contributed by atoms with Gasteiger partial charge in [-0.15, -0.1) is 0 Å². The fourth-order valence-corrected chi connectivity index (χ4v) is 2.42. The Balaban J connectivity index is 1.84. The van der Waals surface area contributed by atoms with Crippen LogP contribution >= 0.6 is 11.6 Å². The number of rotatable bonds is 3. The van der Waals surface area contributed by atoms with Crippen LogP contribution in [-0.4, -0.2) is 19.0 Å². The first kappa shape index (κ1) is 14.2. The Morgan fingerprint density at radius 2 is 1.71 bits per heavy atom. The second kappa shape index (κ2) is 5.93. The van der Waals surface area contributed by atoms with Crippen LogP contribution in [0.3, 0.4) is 0 Å². The first-order chi connectivity index (χ1) is 10.1. The second-order valence-corrected chi connectivity index (χ2v) is 5.12. The van der Waals surface area contributed by atoms with Gasteiger partial charge in [-0.1, -0.05) is 35.9 Å². The van der Waals surface area contributed by atoms with Gasteiger partial charge >= 0.3 is 0 Å². The number of carbonyl (C=O) groups is 1. The van der Waals surface area contributed by atoms with Gasteiger partial charge in [0.2, 0.25) is 0 Å². The third kappa shape index (κ3) is 3.13. The average Bonchev–Trinajstić information content (AvgIpc) is 3.00. The maximum absolute atomic E-state index is 13.3. The Hall–Kier alpha value is -1.75. The number of carbonyl (C=O) groups excluding carboxylic acids is 1. The molecule has 0 saturated carbocycles. The minimum Gasteiger partial charge on any atom is -0.346 e. The summed E-state index contributed by atoms with van der Waals surface area (Å²) in [6.07, 6.45) is -0.377. The lowest BCUT2D eigenvalue weighted by Gasteiger charge is -2.09. The lowest BCUT2D eigenvalue weighted by Crippen LogP contribution is -2.03. The van der Waals surface area contributed by atoms with E-state index in [1.165, 1.54) is 12.1 Å². The summed E-state index contributed by atoms with van der Waals surface area (Å²) in [4.78, 5) is 12.3. The largest absolute Gasteiger partial charge is 0.346 e. The van der Waals surface area contributed by atoms with Crippen molar-refractivity contribution in [3.05, 3.63) is 70.0 Å². The first-order valence-electron chi connectivity index (χ1n) is 6.47. The number of benzene rings is 2. The molecule has 0 atom stereocenters. The molecule has 5 heteroatoms. The summed E-state index contributed by atoms with van der Waals surface area (Å²) in [5, 5.41) is 0.197. The van der Waals surface area contributed by atoms with Crippen LogP contribution in [-0.2, 0) is 9.47 Å². The Labute approximate surface area is 126 Å². The summed E-state index contributed by atoms with van der Waals surface area (Å²) >= 11 is 5.77. The molecule has 108 valence electrons. The van der Waals surface area contributed by atoms with E-state index >= 15 is 0 Å². The van der Waals surface area contributed by atoms with Gasteiger partial charge in [0.1, 0.15) is 5.82 Å². The summed E-state index contributed by atoms with van der Waals surface area (Å²) in [6, 6.07) is 10.7. The highest BCUT2D eigenvalue weighted by atomic mass is 35.5. The van der Waals surface area contributed by atoms with Crippen LogP contribution in [0.1, 0.15) is 27.8 Å². The molecule has 1 aliphatic rings. The van der Waals surface area contributed by atoms with Gasteiger partial charge in [0, 0.05) is 21.7 Å².